The third kappa shape index (κ3) is 2.37. The molecule has 3 heteroatoms. The summed E-state index contributed by atoms with van der Waals surface area (Å²) >= 11 is 0. The second kappa shape index (κ2) is 5.65. The van der Waals surface area contributed by atoms with Crippen molar-refractivity contribution in [3.63, 3.8) is 0 Å². The van der Waals surface area contributed by atoms with Crippen molar-refractivity contribution < 1.29 is 0 Å². The number of fused-ring (bicyclic) bond motifs is 1. The second-order valence-corrected chi connectivity index (χ2v) is 5.68. The van der Waals surface area contributed by atoms with E-state index in [-0.39, 0.29) is 5.92 Å². The maximum absolute atomic E-state index is 9.40. The fraction of sp³-hybridized carbons (Fsp3) is 0.263. The van der Waals surface area contributed by atoms with Gasteiger partial charge in [0.25, 0.3) is 0 Å². The number of nitriles is 1. The highest BCUT2D eigenvalue weighted by Gasteiger charge is 2.19. The van der Waals surface area contributed by atoms with Gasteiger partial charge in [-0.1, -0.05) is 37.3 Å². The molecule has 0 aliphatic heterocycles. The van der Waals surface area contributed by atoms with Gasteiger partial charge in [0.05, 0.1) is 23.4 Å². The number of aromatic nitrogens is 2. The van der Waals surface area contributed by atoms with E-state index in [0.29, 0.717) is 0 Å². The Morgan fingerprint density at radius 3 is 2.55 bits per heavy atom. The Morgan fingerprint density at radius 1 is 1.18 bits per heavy atom. The molecule has 0 amide bonds. The minimum Gasteiger partial charge on any atom is -0.302 e. The van der Waals surface area contributed by atoms with Gasteiger partial charge in [-0.25, -0.2) is 4.98 Å². The molecule has 3 nitrogen and oxygen atoms in total. The van der Waals surface area contributed by atoms with Gasteiger partial charge in [-0.2, -0.15) is 5.26 Å². The van der Waals surface area contributed by atoms with Crippen molar-refractivity contribution in [2.75, 3.05) is 0 Å². The molecular formula is C19H19N3. The van der Waals surface area contributed by atoms with Crippen molar-refractivity contribution in [1.29, 1.82) is 5.26 Å². The number of imidazole rings is 1. The fourth-order valence-electron chi connectivity index (χ4n) is 2.75. The molecule has 0 N–H and O–H groups in total. The molecule has 1 unspecified atom stereocenters. The first-order valence-corrected chi connectivity index (χ1v) is 7.61. The molecule has 22 heavy (non-hydrogen) atoms. The smallest absolute Gasteiger partial charge is 0.137 e. The molecule has 0 bridgehead atoms. The van der Waals surface area contributed by atoms with Gasteiger partial charge in [0.1, 0.15) is 5.65 Å². The lowest BCUT2D eigenvalue weighted by Crippen LogP contribution is -1.99. The molecule has 1 atom stereocenters. The van der Waals surface area contributed by atoms with Crippen LogP contribution >= 0.6 is 0 Å². The quantitative estimate of drug-likeness (QED) is 0.712. The molecule has 0 fully saturated rings. The number of pyridine rings is 1. The van der Waals surface area contributed by atoms with Crippen LogP contribution < -0.4 is 0 Å². The van der Waals surface area contributed by atoms with E-state index >= 15 is 0 Å². The summed E-state index contributed by atoms with van der Waals surface area (Å²) in [6, 6.07) is 14.9. The van der Waals surface area contributed by atoms with Gasteiger partial charge in [-0.05, 0) is 37.5 Å². The Morgan fingerprint density at radius 2 is 1.91 bits per heavy atom. The van der Waals surface area contributed by atoms with E-state index in [1.807, 2.05) is 23.5 Å². The van der Waals surface area contributed by atoms with Crippen LogP contribution in [-0.4, -0.2) is 9.38 Å². The number of hydrogen-bond acceptors (Lipinski definition) is 2. The molecule has 2 heterocycles. The minimum atomic E-state index is -0.211. The van der Waals surface area contributed by atoms with Crippen LogP contribution in [0.25, 0.3) is 16.9 Å². The fourth-order valence-corrected chi connectivity index (χ4v) is 2.75. The Labute approximate surface area is 130 Å². The summed E-state index contributed by atoms with van der Waals surface area (Å²) in [7, 11) is 0. The second-order valence-electron chi connectivity index (χ2n) is 5.68. The van der Waals surface area contributed by atoms with Crippen molar-refractivity contribution in [3.05, 3.63) is 59.4 Å². The zero-order chi connectivity index (χ0) is 15.7. The average Bonchev–Trinajstić information content (AvgIpc) is 2.92. The Balaban J connectivity index is 2.25. The van der Waals surface area contributed by atoms with Crippen LogP contribution in [0.4, 0.5) is 0 Å². The maximum Gasteiger partial charge on any atom is 0.137 e. The topological polar surface area (TPSA) is 41.1 Å². The van der Waals surface area contributed by atoms with Crippen molar-refractivity contribution in [1.82, 2.24) is 9.38 Å². The van der Waals surface area contributed by atoms with E-state index in [1.54, 1.807) is 0 Å². The van der Waals surface area contributed by atoms with Crippen LogP contribution in [0.15, 0.2) is 42.6 Å². The normalized spacial score (nSPS) is 12.3. The molecule has 0 spiro atoms. The number of aryl methyl sites for hydroxylation is 2. The molecule has 1 aromatic carbocycles. The van der Waals surface area contributed by atoms with Crippen LogP contribution in [0.3, 0.4) is 0 Å². The number of rotatable bonds is 3. The first kappa shape index (κ1) is 14.3. The van der Waals surface area contributed by atoms with Crippen molar-refractivity contribution in [2.45, 2.75) is 33.1 Å². The number of benzene rings is 1. The first-order chi connectivity index (χ1) is 10.6. The van der Waals surface area contributed by atoms with Gasteiger partial charge in [0, 0.05) is 11.8 Å². The summed E-state index contributed by atoms with van der Waals surface area (Å²) in [5.41, 5.74) is 6.28. The predicted molar refractivity (Wildman–Crippen MR) is 88.8 cm³/mol. The van der Waals surface area contributed by atoms with Crippen molar-refractivity contribution >= 4 is 5.65 Å². The highest BCUT2D eigenvalue weighted by atomic mass is 15.0. The van der Waals surface area contributed by atoms with Crippen molar-refractivity contribution in [2.24, 2.45) is 0 Å². The Hall–Kier alpha value is -2.60. The van der Waals surface area contributed by atoms with E-state index in [9.17, 15) is 5.26 Å². The first-order valence-electron chi connectivity index (χ1n) is 7.61. The minimum absolute atomic E-state index is 0.211. The van der Waals surface area contributed by atoms with Gasteiger partial charge < -0.3 is 4.40 Å². The highest BCUT2D eigenvalue weighted by Crippen LogP contribution is 2.30. The monoisotopic (exact) mass is 289 g/mol. The van der Waals surface area contributed by atoms with Crippen molar-refractivity contribution in [3.8, 4) is 17.3 Å². The summed E-state index contributed by atoms with van der Waals surface area (Å²) in [5.74, 6) is -0.211. The lowest BCUT2D eigenvalue weighted by Gasteiger charge is -2.08. The lowest BCUT2D eigenvalue weighted by molar-refractivity contribution is 0.897. The third-order valence-corrected chi connectivity index (χ3v) is 4.04. The molecular weight excluding hydrogens is 270 g/mol. The van der Waals surface area contributed by atoms with E-state index in [2.05, 4.69) is 50.4 Å². The third-order valence-electron chi connectivity index (χ3n) is 4.04. The summed E-state index contributed by atoms with van der Waals surface area (Å²) in [5, 5.41) is 9.40. The molecule has 0 saturated carbocycles. The highest BCUT2D eigenvalue weighted by molar-refractivity contribution is 5.68. The summed E-state index contributed by atoms with van der Waals surface area (Å²) < 4.78 is 2.05. The van der Waals surface area contributed by atoms with E-state index < -0.39 is 0 Å². The number of hydrogen-bond donors (Lipinski definition) is 0. The van der Waals surface area contributed by atoms with Crippen LogP contribution in [0, 0.1) is 18.3 Å². The van der Waals surface area contributed by atoms with Crippen LogP contribution in [0.2, 0.25) is 0 Å². The van der Waals surface area contributed by atoms with Crippen LogP contribution in [0.1, 0.15) is 36.6 Å². The summed E-state index contributed by atoms with van der Waals surface area (Å²) in [6.45, 7) is 6.12. The maximum atomic E-state index is 9.40. The summed E-state index contributed by atoms with van der Waals surface area (Å²) in [4.78, 5) is 4.76. The largest absolute Gasteiger partial charge is 0.302 e. The summed E-state index contributed by atoms with van der Waals surface area (Å²) in [6.07, 6.45) is 3.07. The van der Waals surface area contributed by atoms with Gasteiger partial charge in [-0.3, -0.25) is 0 Å². The van der Waals surface area contributed by atoms with E-state index in [4.69, 9.17) is 4.98 Å². The SMILES string of the molecule is CCc1ccc(-c2nc3ccc(C)cn3c2C(C)C#N)cc1. The van der Waals surface area contributed by atoms with Gasteiger partial charge in [0.2, 0.25) is 0 Å². The van der Waals surface area contributed by atoms with Crippen LogP contribution in [-0.2, 0) is 6.42 Å². The van der Waals surface area contributed by atoms with Gasteiger partial charge >= 0.3 is 0 Å². The average molecular weight is 289 g/mol. The standard InChI is InChI=1S/C19H19N3/c1-4-15-6-8-16(9-7-15)18-19(14(3)11-20)22-12-13(2)5-10-17(22)21-18/h5-10,12,14H,4H2,1-3H3. The molecule has 2 aromatic heterocycles. The molecule has 0 saturated heterocycles. The zero-order valence-corrected chi connectivity index (χ0v) is 13.2. The Bertz CT molecular complexity index is 851. The Kier molecular flexibility index (Phi) is 3.68. The van der Waals surface area contributed by atoms with Crippen LogP contribution in [0.5, 0.6) is 0 Å². The lowest BCUT2D eigenvalue weighted by atomic mass is 10.0. The molecule has 0 aliphatic rings. The predicted octanol–water partition coefficient (Wildman–Crippen LogP) is 4.50. The van der Waals surface area contributed by atoms with Gasteiger partial charge in [-0.15, -0.1) is 0 Å². The molecule has 110 valence electrons. The van der Waals surface area contributed by atoms with Gasteiger partial charge in [0.15, 0.2) is 0 Å². The zero-order valence-electron chi connectivity index (χ0n) is 13.2. The molecule has 3 aromatic rings. The molecule has 3 rings (SSSR count). The molecule has 0 aliphatic carbocycles. The molecule has 0 radical (unpaired) electrons. The van der Waals surface area contributed by atoms with E-state index in [1.165, 1.54) is 5.56 Å². The number of nitrogens with zero attached hydrogens (tertiary/aromatic N) is 3. The van der Waals surface area contributed by atoms with E-state index in [0.717, 1.165) is 34.6 Å².